The molecule has 2 fully saturated rings. The minimum atomic E-state index is -0.840. The topological polar surface area (TPSA) is 77.8 Å². The molecule has 2 saturated carbocycles. The lowest BCUT2D eigenvalue weighted by Crippen LogP contribution is -2.58. The maximum atomic E-state index is 12.4. The van der Waals surface area contributed by atoms with Crippen LogP contribution in [0.15, 0.2) is 11.6 Å². The summed E-state index contributed by atoms with van der Waals surface area (Å²) in [6.45, 7) is 8.72. The Balaban J connectivity index is 2.29. The van der Waals surface area contributed by atoms with Gasteiger partial charge in [0.15, 0.2) is 5.78 Å². The first kappa shape index (κ1) is 19.6. The number of Topliss-reactive ketones (excluding diaryl/α,β-unsaturated/α-hetero) is 1. The van der Waals surface area contributed by atoms with Crippen molar-refractivity contribution in [3.63, 3.8) is 0 Å². The molecule has 0 heterocycles. The van der Waals surface area contributed by atoms with Crippen LogP contribution in [0.5, 0.6) is 0 Å². The Hall–Kier alpha value is -0.710. The molecule has 0 spiro atoms. The molecule has 138 valence electrons. The van der Waals surface area contributed by atoms with Crippen molar-refractivity contribution in [1.29, 1.82) is 0 Å². The van der Waals surface area contributed by atoms with Crippen LogP contribution in [-0.4, -0.2) is 40.4 Å². The van der Waals surface area contributed by atoms with Crippen molar-refractivity contribution in [3.05, 3.63) is 11.6 Å². The lowest BCUT2D eigenvalue weighted by molar-refractivity contribution is -0.164. The molecule has 0 bridgehead atoms. The molecule has 0 amide bonds. The minimum Gasteiger partial charge on any atom is -0.392 e. The molecule has 0 aromatic heterocycles. The summed E-state index contributed by atoms with van der Waals surface area (Å²) in [7, 11) is 0. The fourth-order valence-corrected chi connectivity index (χ4v) is 5.36. The first-order valence-corrected chi connectivity index (χ1v) is 9.32. The molecule has 4 nitrogen and oxygen atoms in total. The molecule has 2 rings (SSSR count). The Kier molecular flexibility index (Phi) is 5.94. The standard InChI is InChI=1S/C20H34O4/c1-13-5-8-20(4)14(2)18(24)16(23)11-17(20)19(13,3)9-6-15(12-22)7-10-21/h7,13-14,16-17,21-23H,5-6,8-12H2,1-4H3. The van der Waals surface area contributed by atoms with Gasteiger partial charge in [-0.3, -0.25) is 4.79 Å². The Morgan fingerprint density at radius 2 is 1.96 bits per heavy atom. The largest absolute Gasteiger partial charge is 0.392 e. The summed E-state index contributed by atoms with van der Waals surface area (Å²) in [5.74, 6) is 0.702. The number of fused-ring (bicyclic) bond motifs is 1. The van der Waals surface area contributed by atoms with Crippen molar-refractivity contribution in [2.24, 2.45) is 28.6 Å². The van der Waals surface area contributed by atoms with Gasteiger partial charge < -0.3 is 15.3 Å². The van der Waals surface area contributed by atoms with E-state index in [1.807, 2.05) is 6.92 Å². The number of aliphatic hydroxyl groups excluding tert-OH is 3. The highest BCUT2D eigenvalue weighted by Gasteiger charge is 2.58. The van der Waals surface area contributed by atoms with Crippen LogP contribution in [0, 0.1) is 28.6 Å². The summed E-state index contributed by atoms with van der Waals surface area (Å²) in [6, 6.07) is 0. The van der Waals surface area contributed by atoms with Gasteiger partial charge in [-0.05, 0) is 60.3 Å². The van der Waals surface area contributed by atoms with E-state index in [0.29, 0.717) is 18.3 Å². The van der Waals surface area contributed by atoms with Crippen LogP contribution in [0.1, 0.15) is 59.8 Å². The van der Waals surface area contributed by atoms with Crippen molar-refractivity contribution in [2.75, 3.05) is 13.2 Å². The summed E-state index contributed by atoms with van der Waals surface area (Å²) in [5, 5.41) is 28.9. The molecular formula is C20H34O4. The number of carbonyl (C=O) groups excluding carboxylic acids is 1. The van der Waals surface area contributed by atoms with Crippen molar-refractivity contribution >= 4 is 5.78 Å². The van der Waals surface area contributed by atoms with Gasteiger partial charge in [-0.15, -0.1) is 0 Å². The molecule has 4 heteroatoms. The highest BCUT2D eigenvalue weighted by molar-refractivity contribution is 5.86. The Bertz CT molecular complexity index is 500. The van der Waals surface area contributed by atoms with Gasteiger partial charge in [-0.25, -0.2) is 0 Å². The molecule has 6 unspecified atom stereocenters. The molecule has 0 aromatic rings. The number of hydrogen-bond donors (Lipinski definition) is 3. The zero-order valence-corrected chi connectivity index (χ0v) is 15.6. The number of carbonyl (C=O) groups is 1. The molecule has 2 aliphatic rings. The van der Waals surface area contributed by atoms with Crippen LogP contribution >= 0.6 is 0 Å². The van der Waals surface area contributed by atoms with Crippen LogP contribution < -0.4 is 0 Å². The van der Waals surface area contributed by atoms with E-state index < -0.39 is 6.10 Å². The smallest absolute Gasteiger partial charge is 0.164 e. The predicted molar refractivity (Wildman–Crippen MR) is 94.4 cm³/mol. The normalized spacial score (nSPS) is 43.6. The van der Waals surface area contributed by atoms with E-state index >= 15 is 0 Å². The van der Waals surface area contributed by atoms with Gasteiger partial charge in [0.2, 0.25) is 0 Å². The van der Waals surface area contributed by atoms with Crippen molar-refractivity contribution in [1.82, 2.24) is 0 Å². The van der Waals surface area contributed by atoms with Gasteiger partial charge >= 0.3 is 0 Å². The quantitative estimate of drug-likeness (QED) is 0.674. The molecule has 2 aliphatic carbocycles. The molecule has 0 saturated heterocycles. The number of rotatable bonds is 5. The van der Waals surface area contributed by atoms with Gasteiger partial charge in [0.25, 0.3) is 0 Å². The number of hydrogen-bond acceptors (Lipinski definition) is 4. The van der Waals surface area contributed by atoms with Crippen molar-refractivity contribution in [3.8, 4) is 0 Å². The monoisotopic (exact) mass is 338 g/mol. The average Bonchev–Trinajstić information content (AvgIpc) is 2.56. The van der Waals surface area contributed by atoms with Crippen LogP contribution in [0.4, 0.5) is 0 Å². The second-order valence-corrected chi connectivity index (χ2v) is 8.58. The number of aliphatic hydroxyl groups is 3. The Morgan fingerprint density at radius 3 is 2.54 bits per heavy atom. The first-order valence-electron chi connectivity index (χ1n) is 9.32. The maximum Gasteiger partial charge on any atom is 0.164 e. The van der Waals surface area contributed by atoms with Gasteiger partial charge in [0.1, 0.15) is 6.10 Å². The van der Waals surface area contributed by atoms with Gasteiger partial charge in [-0.1, -0.05) is 33.8 Å². The zero-order valence-electron chi connectivity index (χ0n) is 15.6. The van der Waals surface area contributed by atoms with Gasteiger partial charge in [0.05, 0.1) is 13.2 Å². The third-order valence-corrected chi connectivity index (χ3v) is 7.61. The van der Waals surface area contributed by atoms with Gasteiger partial charge in [0, 0.05) is 5.92 Å². The van der Waals surface area contributed by atoms with E-state index in [1.165, 1.54) is 0 Å². The van der Waals surface area contributed by atoms with E-state index in [2.05, 4.69) is 20.8 Å². The second-order valence-electron chi connectivity index (χ2n) is 8.58. The maximum absolute atomic E-state index is 12.4. The molecule has 0 aliphatic heterocycles. The third kappa shape index (κ3) is 3.21. The fraction of sp³-hybridized carbons (Fsp3) is 0.850. The predicted octanol–water partition coefficient (Wildman–Crippen LogP) is 2.71. The van der Waals surface area contributed by atoms with E-state index in [0.717, 1.165) is 31.3 Å². The second kappa shape index (κ2) is 7.27. The SMILES string of the molecule is CC1CCC2(C)C(C)C(=O)C(O)CC2C1(C)CCC(=CCO)CO. The lowest BCUT2D eigenvalue weighted by Gasteiger charge is -2.60. The fourth-order valence-electron chi connectivity index (χ4n) is 5.36. The van der Waals surface area contributed by atoms with E-state index in [4.69, 9.17) is 5.11 Å². The van der Waals surface area contributed by atoms with Crippen LogP contribution in [0.25, 0.3) is 0 Å². The van der Waals surface area contributed by atoms with Gasteiger partial charge in [-0.2, -0.15) is 0 Å². The Labute approximate surface area is 146 Å². The third-order valence-electron chi connectivity index (χ3n) is 7.61. The summed E-state index contributed by atoms with van der Waals surface area (Å²) >= 11 is 0. The van der Waals surface area contributed by atoms with E-state index in [1.54, 1.807) is 6.08 Å². The zero-order chi connectivity index (χ0) is 18.1. The van der Waals surface area contributed by atoms with Crippen LogP contribution in [0.3, 0.4) is 0 Å². The van der Waals surface area contributed by atoms with Crippen molar-refractivity contribution in [2.45, 2.75) is 65.9 Å². The average molecular weight is 338 g/mol. The highest BCUT2D eigenvalue weighted by Crippen LogP contribution is 2.62. The first-order chi connectivity index (χ1) is 11.2. The lowest BCUT2D eigenvalue weighted by atomic mass is 9.44. The summed E-state index contributed by atoms with van der Waals surface area (Å²) in [4.78, 5) is 12.4. The molecule has 0 aromatic carbocycles. The molecule has 6 atom stereocenters. The molecular weight excluding hydrogens is 304 g/mol. The highest BCUT2D eigenvalue weighted by atomic mass is 16.3. The Morgan fingerprint density at radius 1 is 1.29 bits per heavy atom. The van der Waals surface area contributed by atoms with E-state index in [-0.39, 0.29) is 35.7 Å². The van der Waals surface area contributed by atoms with E-state index in [9.17, 15) is 15.0 Å². The van der Waals surface area contributed by atoms with Crippen LogP contribution in [0.2, 0.25) is 0 Å². The van der Waals surface area contributed by atoms with Crippen molar-refractivity contribution < 1.29 is 20.1 Å². The van der Waals surface area contributed by atoms with Crippen LogP contribution in [-0.2, 0) is 4.79 Å². The summed E-state index contributed by atoms with van der Waals surface area (Å²) in [6.07, 6.45) is 5.20. The summed E-state index contributed by atoms with van der Waals surface area (Å²) < 4.78 is 0. The molecule has 3 N–H and O–H groups in total. The summed E-state index contributed by atoms with van der Waals surface area (Å²) in [5.41, 5.74) is 0.836. The molecule has 0 radical (unpaired) electrons. The molecule has 24 heavy (non-hydrogen) atoms. The minimum absolute atomic E-state index is 0.00174. The number of ketones is 1.